The molecule has 4 aliphatic carbocycles. The third kappa shape index (κ3) is 2.70. The maximum atomic E-state index is 13.0. The summed E-state index contributed by atoms with van der Waals surface area (Å²) in [6.45, 7) is 2.21. The Hall–Kier alpha value is -0.770. The minimum Gasteiger partial charge on any atom is -0.348 e. The van der Waals surface area contributed by atoms with Gasteiger partial charge in [0, 0.05) is 21.2 Å². The lowest BCUT2D eigenvalue weighted by atomic mass is 9.48. The molecule has 0 unspecified atom stereocenters. The molecule has 0 spiro atoms. The topological polar surface area (TPSA) is 29.1 Å². The normalized spacial score (nSPS) is 33.6. The Bertz CT molecular complexity index is 854. The minimum absolute atomic E-state index is 0.0319. The van der Waals surface area contributed by atoms with Gasteiger partial charge in [0.2, 0.25) is 0 Å². The first-order chi connectivity index (χ1) is 12.4. The fourth-order valence-electron chi connectivity index (χ4n) is 6.31. The van der Waals surface area contributed by atoms with Crippen LogP contribution in [0.1, 0.15) is 55.1 Å². The molecule has 6 rings (SSSR count). The number of halogens is 2. The minimum atomic E-state index is -0.0319. The third-order valence-electron chi connectivity index (χ3n) is 7.15. The molecule has 0 radical (unpaired) electrons. The molecular formula is C21H23Cl2NOS. The van der Waals surface area contributed by atoms with Gasteiger partial charge in [0.1, 0.15) is 4.88 Å². The van der Waals surface area contributed by atoms with Crippen molar-refractivity contribution in [2.24, 2.45) is 23.2 Å². The molecule has 4 fully saturated rings. The quantitative estimate of drug-likeness (QED) is 0.614. The maximum absolute atomic E-state index is 13.0. The summed E-state index contributed by atoms with van der Waals surface area (Å²) in [6.07, 6.45) is 8.12. The van der Waals surface area contributed by atoms with Gasteiger partial charge in [-0.25, -0.2) is 0 Å². The predicted octanol–water partition coefficient (Wildman–Crippen LogP) is 6.54. The molecule has 1 N–H and O–H groups in total. The Balaban J connectivity index is 1.39. The molecule has 1 aromatic carbocycles. The van der Waals surface area contributed by atoms with Crippen LogP contribution in [0.4, 0.5) is 0 Å². The molecule has 4 aliphatic rings. The van der Waals surface area contributed by atoms with E-state index >= 15 is 0 Å². The number of hydrogen-bond donors (Lipinski definition) is 1. The molecule has 0 aliphatic heterocycles. The molecule has 26 heavy (non-hydrogen) atoms. The van der Waals surface area contributed by atoms with E-state index in [-0.39, 0.29) is 11.9 Å². The highest BCUT2D eigenvalue weighted by Gasteiger charge is 2.53. The average Bonchev–Trinajstić information content (AvgIpc) is 2.89. The smallest absolute Gasteiger partial charge is 0.263 e. The van der Waals surface area contributed by atoms with Crippen LogP contribution in [-0.2, 0) is 0 Å². The van der Waals surface area contributed by atoms with E-state index in [9.17, 15) is 4.79 Å². The summed E-state index contributed by atoms with van der Waals surface area (Å²) in [4.78, 5) is 13.6. The summed E-state index contributed by atoms with van der Waals surface area (Å²) < 4.78 is 0.968. The second kappa shape index (κ2) is 6.12. The highest BCUT2D eigenvalue weighted by atomic mass is 35.5. The van der Waals surface area contributed by atoms with Crippen LogP contribution in [0.5, 0.6) is 0 Å². The highest BCUT2D eigenvalue weighted by Crippen LogP contribution is 2.61. The molecule has 1 aromatic heterocycles. The van der Waals surface area contributed by atoms with Crippen LogP contribution in [-0.4, -0.2) is 11.9 Å². The van der Waals surface area contributed by atoms with Gasteiger partial charge in [0.25, 0.3) is 5.91 Å². The van der Waals surface area contributed by atoms with Crippen LogP contribution in [0.2, 0.25) is 10.0 Å². The largest absolute Gasteiger partial charge is 0.348 e. The Morgan fingerprint density at radius 2 is 1.77 bits per heavy atom. The molecule has 4 bridgehead atoms. The first kappa shape index (κ1) is 17.3. The van der Waals surface area contributed by atoms with Gasteiger partial charge in [-0.3, -0.25) is 4.79 Å². The monoisotopic (exact) mass is 407 g/mol. The van der Waals surface area contributed by atoms with E-state index in [1.807, 2.05) is 18.2 Å². The number of fused-ring (bicyclic) bond motifs is 1. The van der Waals surface area contributed by atoms with Crippen LogP contribution >= 0.6 is 34.5 Å². The Labute approximate surface area is 168 Å². The number of carbonyl (C=O) groups is 1. The van der Waals surface area contributed by atoms with Crippen molar-refractivity contribution in [2.75, 3.05) is 0 Å². The van der Waals surface area contributed by atoms with E-state index < -0.39 is 0 Å². The van der Waals surface area contributed by atoms with Crippen molar-refractivity contribution in [2.45, 2.75) is 51.5 Å². The number of hydrogen-bond acceptors (Lipinski definition) is 2. The lowest BCUT2D eigenvalue weighted by Crippen LogP contribution is -2.55. The fraction of sp³-hybridized carbons (Fsp3) is 0.571. The molecule has 1 atom stereocenters. The van der Waals surface area contributed by atoms with Crippen molar-refractivity contribution >= 4 is 50.5 Å². The fourth-order valence-corrected chi connectivity index (χ4v) is 8.00. The summed E-state index contributed by atoms with van der Waals surface area (Å²) in [5, 5.41) is 5.46. The van der Waals surface area contributed by atoms with E-state index in [1.54, 1.807) is 0 Å². The van der Waals surface area contributed by atoms with Crippen molar-refractivity contribution in [1.29, 1.82) is 0 Å². The first-order valence-electron chi connectivity index (χ1n) is 9.62. The standard InChI is InChI=1S/C21H23Cl2NOS/c1-11(21-8-12-4-13(9-21)6-14(5-12)10-21)24-20(25)19-18(23)16-3-2-15(22)7-17(16)26-19/h2-3,7,11-14H,4-6,8-10H2,1H3,(H,24,25)/t11-,12?,13?,14?,21?/m0/s1. The summed E-state index contributed by atoms with van der Waals surface area (Å²) in [5.41, 5.74) is 0.302. The molecule has 0 saturated heterocycles. The van der Waals surface area contributed by atoms with Gasteiger partial charge in [-0.15, -0.1) is 11.3 Å². The van der Waals surface area contributed by atoms with Crippen molar-refractivity contribution < 1.29 is 4.79 Å². The molecule has 1 amide bonds. The van der Waals surface area contributed by atoms with Crippen LogP contribution in [0.15, 0.2) is 18.2 Å². The third-order valence-corrected chi connectivity index (χ3v) is 9.04. The number of carbonyl (C=O) groups excluding carboxylic acids is 1. The summed E-state index contributed by atoms with van der Waals surface area (Å²) >= 11 is 14.0. The molecule has 138 valence electrons. The number of thiophene rings is 1. The van der Waals surface area contributed by atoms with E-state index in [0.29, 0.717) is 20.3 Å². The number of rotatable bonds is 3. The predicted molar refractivity (Wildman–Crippen MR) is 109 cm³/mol. The summed E-state index contributed by atoms with van der Waals surface area (Å²) in [5.74, 6) is 2.62. The first-order valence-corrected chi connectivity index (χ1v) is 11.2. The van der Waals surface area contributed by atoms with Gasteiger partial charge in [-0.2, -0.15) is 0 Å². The number of amides is 1. The second-order valence-electron chi connectivity index (χ2n) is 8.86. The Morgan fingerprint density at radius 3 is 2.38 bits per heavy atom. The zero-order chi connectivity index (χ0) is 18.1. The summed E-state index contributed by atoms with van der Waals surface area (Å²) in [6, 6.07) is 5.80. The van der Waals surface area contributed by atoms with Crippen LogP contribution in [0, 0.1) is 23.2 Å². The second-order valence-corrected chi connectivity index (χ2v) is 10.7. The Kier molecular flexibility index (Phi) is 4.08. The van der Waals surface area contributed by atoms with Gasteiger partial charge in [-0.05, 0) is 80.8 Å². The zero-order valence-electron chi connectivity index (χ0n) is 14.9. The molecule has 4 saturated carbocycles. The highest BCUT2D eigenvalue weighted by molar-refractivity contribution is 7.21. The van der Waals surface area contributed by atoms with Crippen LogP contribution in [0.25, 0.3) is 10.1 Å². The van der Waals surface area contributed by atoms with Gasteiger partial charge >= 0.3 is 0 Å². The van der Waals surface area contributed by atoms with Crippen molar-refractivity contribution in [3.63, 3.8) is 0 Å². The van der Waals surface area contributed by atoms with Gasteiger partial charge in [0.05, 0.1) is 5.02 Å². The van der Waals surface area contributed by atoms with E-state index in [4.69, 9.17) is 23.2 Å². The molecule has 2 aromatic rings. The molecular weight excluding hydrogens is 385 g/mol. The van der Waals surface area contributed by atoms with Gasteiger partial charge < -0.3 is 5.32 Å². The van der Waals surface area contributed by atoms with Crippen molar-refractivity contribution in [3.8, 4) is 0 Å². The molecule has 2 nitrogen and oxygen atoms in total. The van der Waals surface area contributed by atoms with Gasteiger partial charge in [0.15, 0.2) is 0 Å². The zero-order valence-corrected chi connectivity index (χ0v) is 17.2. The average molecular weight is 408 g/mol. The Morgan fingerprint density at radius 1 is 1.15 bits per heavy atom. The lowest BCUT2D eigenvalue weighted by Gasteiger charge is -2.59. The SMILES string of the molecule is C[C@H](NC(=O)c1sc2cc(Cl)ccc2c1Cl)C12CC3CC(CC(C3)C1)C2. The summed E-state index contributed by atoms with van der Waals surface area (Å²) in [7, 11) is 0. The molecule has 1 heterocycles. The van der Waals surface area contributed by atoms with Crippen LogP contribution in [0.3, 0.4) is 0 Å². The maximum Gasteiger partial charge on any atom is 0.263 e. The van der Waals surface area contributed by atoms with E-state index in [0.717, 1.165) is 27.8 Å². The van der Waals surface area contributed by atoms with E-state index in [2.05, 4.69) is 12.2 Å². The lowest BCUT2D eigenvalue weighted by molar-refractivity contribution is -0.0687. The van der Waals surface area contributed by atoms with E-state index in [1.165, 1.54) is 49.9 Å². The van der Waals surface area contributed by atoms with Crippen LogP contribution < -0.4 is 5.32 Å². The van der Waals surface area contributed by atoms with Crippen molar-refractivity contribution in [1.82, 2.24) is 5.32 Å². The number of nitrogens with one attached hydrogen (secondary N) is 1. The molecule has 5 heteroatoms. The van der Waals surface area contributed by atoms with Gasteiger partial charge in [-0.1, -0.05) is 29.3 Å². The number of benzene rings is 1. The van der Waals surface area contributed by atoms with Crippen molar-refractivity contribution in [3.05, 3.63) is 33.1 Å².